The summed E-state index contributed by atoms with van der Waals surface area (Å²) in [6.45, 7) is 0.378. The summed E-state index contributed by atoms with van der Waals surface area (Å²) in [6.07, 6.45) is 3.87. The maximum Gasteiger partial charge on any atom is 0.339 e. The van der Waals surface area contributed by atoms with Gasteiger partial charge in [0.15, 0.2) is 0 Å². The van der Waals surface area contributed by atoms with Crippen LogP contribution in [-0.2, 0) is 6.42 Å². The fourth-order valence-corrected chi connectivity index (χ4v) is 1.69. The minimum atomic E-state index is -1.27. The lowest BCUT2D eigenvalue weighted by Gasteiger charge is -2.08. The lowest BCUT2D eigenvalue weighted by atomic mass is 10.2. The predicted octanol–water partition coefficient (Wildman–Crippen LogP) is 1.18. The minimum Gasteiger partial charge on any atom is -0.507 e. The van der Waals surface area contributed by atoms with E-state index in [0.717, 1.165) is 5.82 Å². The molecule has 0 fully saturated rings. The Morgan fingerprint density at radius 2 is 2.14 bits per heavy atom. The van der Waals surface area contributed by atoms with Crippen LogP contribution in [-0.4, -0.2) is 38.7 Å². The van der Waals surface area contributed by atoms with Gasteiger partial charge in [0.25, 0.3) is 0 Å². The second kappa shape index (κ2) is 6.42. The number of phenols is 1. The highest BCUT2D eigenvalue weighted by Crippen LogP contribution is 2.21. The van der Waals surface area contributed by atoms with Gasteiger partial charge in [-0.25, -0.2) is 14.6 Å². The van der Waals surface area contributed by atoms with Crippen LogP contribution in [0.5, 0.6) is 5.75 Å². The highest BCUT2D eigenvalue weighted by molar-refractivity contribution is 5.95. The van der Waals surface area contributed by atoms with Crippen molar-refractivity contribution in [2.24, 2.45) is 0 Å². The van der Waals surface area contributed by atoms with E-state index in [1.807, 2.05) is 0 Å². The smallest absolute Gasteiger partial charge is 0.339 e. The number of aromatic carboxylic acids is 1. The van der Waals surface area contributed by atoms with Gasteiger partial charge in [-0.15, -0.1) is 0 Å². The fourth-order valence-electron chi connectivity index (χ4n) is 1.69. The molecule has 21 heavy (non-hydrogen) atoms. The molecule has 8 nitrogen and oxygen atoms in total. The van der Waals surface area contributed by atoms with E-state index in [0.29, 0.717) is 13.0 Å². The van der Waals surface area contributed by atoms with Crippen molar-refractivity contribution in [3.05, 3.63) is 42.0 Å². The Balaban J connectivity index is 1.87. The Morgan fingerprint density at radius 3 is 2.81 bits per heavy atom. The molecular formula is C13H14N4O4. The van der Waals surface area contributed by atoms with Crippen molar-refractivity contribution in [1.82, 2.24) is 15.3 Å². The summed E-state index contributed by atoms with van der Waals surface area (Å²) in [5.41, 5.74) is 0.00378. The Morgan fingerprint density at radius 1 is 1.33 bits per heavy atom. The first-order valence-electron chi connectivity index (χ1n) is 6.15. The van der Waals surface area contributed by atoms with Crippen LogP contribution in [0.3, 0.4) is 0 Å². The van der Waals surface area contributed by atoms with E-state index in [-0.39, 0.29) is 17.0 Å². The van der Waals surface area contributed by atoms with E-state index in [9.17, 15) is 14.7 Å². The van der Waals surface area contributed by atoms with Crippen LogP contribution in [0.2, 0.25) is 0 Å². The molecule has 2 rings (SSSR count). The van der Waals surface area contributed by atoms with Crippen molar-refractivity contribution in [2.75, 3.05) is 11.9 Å². The SMILES string of the molecule is O=C(NCCc1ncc[nH]1)Nc1ccc(O)c(C(=O)O)c1. The normalized spacial score (nSPS) is 10.1. The van der Waals surface area contributed by atoms with E-state index in [2.05, 4.69) is 20.6 Å². The Bertz CT molecular complexity index is 640. The van der Waals surface area contributed by atoms with E-state index >= 15 is 0 Å². The highest BCUT2D eigenvalue weighted by atomic mass is 16.4. The van der Waals surface area contributed by atoms with Crippen LogP contribution in [0.4, 0.5) is 10.5 Å². The zero-order valence-corrected chi connectivity index (χ0v) is 11.0. The topological polar surface area (TPSA) is 127 Å². The number of carbonyl (C=O) groups is 2. The van der Waals surface area contributed by atoms with E-state index in [4.69, 9.17) is 5.11 Å². The molecule has 0 aliphatic carbocycles. The third kappa shape index (κ3) is 3.96. The van der Waals surface area contributed by atoms with Crippen LogP contribution in [0, 0.1) is 0 Å². The van der Waals surface area contributed by atoms with Gasteiger partial charge in [0.05, 0.1) is 0 Å². The van der Waals surface area contributed by atoms with Crippen LogP contribution in [0.25, 0.3) is 0 Å². The highest BCUT2D eigenvalue weighted by Gasteiger charge is 2.11. The molecule has 1 aromatic carbocycles. The lowest BCUT2D eigenvalue weighted by Crippen LogP contribution is -2.30. The zero-order valence-electron chi connectivity index (χ0n) is 11.0. The molecule has 0 saturated heterocycles. The number of hydrogen-bond donors (Lipinski definition) is 5. The van der Waals surface area contributed by atoms with Crippen LogP contribution in [0.1, 0.15) is 16.2 Å². The number of carboxylic acid groups (broad SMARTS) is 1. The van der Waals surface area contributed by atoms with E-state index < -0.39 is 12.0 Å². The molecule has 110 valence electrons. The number of aromatic amines is 1. The third-order valence-electron chi connectivity index (χ3n) is 2.69. The van der Waals surface area contributed by atoms with Gasteiger partial charge >= 0.3 is 12.0 Å². The molecule has 0 aliphatic rings. The van der Waals surface area contributed by atoms with Gasteiger partial charge < -0.3 is 25.8 Å². The van der Waals surface area contributed by atoms with E-state index in [1.165, 1.54) is 18.2 Å². The first-order chi connectivity index (χ1) is 10.1. The summed E-state index contributed by atoms with van der Waals surface area (Å²) in [6, 6.07) is 3.34. The van der Waals surface area contributed by atoms with Crippen LogP contribution >= 0.6 is 0 Å². The predicted molar refractivity (Wildman–Crippen MR) is 74.4 cm³/mol. The largest absolute Gasteiger partial charge is 0.507 e. The number of hydrogen-bond acceptors (Lipinski definition) is 4. The van der Waals surface area contributed by atoms with Crippen molar-refractivity contribution in [3.63, 3.8) is 0 Å². The molecule has 0 aliphatic heterocycles. The number of H-pyrrole nitrogens is 1. The number of carbonyl (C=O) groups excluding carboxylic acids is 1. The van der Waals surface area contributed by atoms with Crippen molar-refractivity contribution >= 4 is 17.7 Å². The summed E-state index contributed by atoms with van der Waals surface area (Å²) in [5, 5.41) is 23.3. The molecule has 0 bridgehead atoms. The molecule has 8 heteroatoms. The van der Waals surface area contributed by atoms with Crippen molar-refractivity contribution < 1.29 is 19.8 Å². The summed E-state index contributed by atoms with van der Waals surface area (Å²) >= 11 is 0. The number of nitrogens with zero attached hydrogens (tertiary/aromatic N) is 1. The number of carboxylic acids is 1. The molecule has 1 heterocycles. The number of aromatic hydroxyl groups is 1. The molecule has 5 N–H and O–H groups in total. The molecule has 2 aromatic rings. The van der Waals surface area contributed by atoms with Gasteiger partial charge in [-0.3, -0.25) is 0 Å². The van der Waals surface area contributed by atoms with Crippen LogP contribution in [0.15, 0.2) is 30.6 Å². The Hall–Kier alpha value is -3.03. The first-order valence-corrected chi connectivity index (χ1v) is 6.15. The maximum absolute atomic E-state index is 11.6. The van der Waals surface area contributed by atoms with Gasteiger partial charge in [-0.1, -0.05) is 0 Å². The molecule has 0 saturated carbocycles. The zero-order chi connectivity index (χ0) is 15.2. The number of nitrogens with one attached hydrogen (secondary N) is 3. The van der Waals surface area contributed by atoms with Crippen molar-refractivity contribution in [1.29, 1.82) is 0 Å². The lowest BCUT2D eigenvalue weighted by molar-refractivity contribution is 0.0693. The van der Waals surface area contributed by atoms with Crippen molar-refractivity contribution in [3.8, 4) is 5.75 Å². The van der Waals surface area contributed by atoms with E-state index in [1.54, 1.807) is 12.4 Å². The summed E-state index contributed by atoms with van der Waals surface area (Å²) in [4.78, 5) is 29.4. The molecule has 2 amide bonds. The minimum absolute atomic E-state index is 0.275. The average Bonchev–Trinajstić information content (AvgIpc) is 2.94. The number of benzene rings is 1. The molecule has 0 radical (unpaired) electrons. The van der Waals surface area contributed by atoms with Gasteiger partial charge in [-0.2, -0.15) is 0 Å². The Kier molecular flexibility index (Phi) is 4.39. The third-order valence-corrected chi connectivity index (χ3v) is 2.69. The number of imidazole rings is 1. The summed E-state index contributed by atoms with van der Waals surface area (Å²) in [7, 11) is 0. The summed E-state index contributed by atoms with van der Waals surface area (Å²) < 4.78 is 0. The Labute approximate surface area is 119 Å². The van der Waals surface area contributed by atoms with Crippen LogP contribution < -0.4 is 10.6 Å². The standard InChI is InChI=1S/C13H14N4O4/c18-10-2-1-8(7-9(10)12(19)20)17-13(21)16-4-3-11-14-5-6-15-11/h1-2,5-7,18H,3-4H2,(H,14,15)(H,19,20)(H2,16,17,21). The number of rotatable bonds is 5. The van der Waals surface area contributed by atoms with Gasteiger partial charge in [0.1, 0.15) is 17.1 Å². The maximum atomic E-state index is 11.6. The van der Waals surface area contributed by atoms with Gasteiger partial charge in [0, 0.05) is 31.0 Å². The van der Waals surface area contributed by atoms with Gasteiger partial charge in [-0.05, 0) is 18.2 Å². The molecule has 1 aromatic heterocycles. The van der Waals surface area contributed by atoms with Crippen molar-refractivity contribution in [2.45, 2.75) is 6.42 Å². The quantitative estimate of drug-likeness (QED) is 0.528. The molecular weight excluding hydrogens is 276 g/mol. The number of anilines is 1. The number of urea groups is 1. The first kappa shape index (κ1) is 14.4. The second-order valence-electron chi connectivity index (χ2n) is 4.20. The molecule has 0 unspecified atom stereocenters. The molecule has 0 atom stereocenters. The molecule has 0 spiro atoms. The summed E-state index contributed by atoms with van der Waals surface area (Å²) in [5.74, 6) is -0.867. The number of amides is 2. The monoisotopic (exact) mass is 290 g/mol. The fraction of sp³-hybridized carbons (Fsp3) is 0.154. The average molecular weight is 290 g/mol. The number of aromatic nitrogens is 2. The van der Waals surface area contributed by atoms with Gasteiger partial charge in [0.2, 0.25) is 0 Å². The second-order valence-corrected chi connectivity index (χ2v) is 4.20.